The number of benzene rings is 2. The fraction of sp³-hybridized carbons (Fsp3) is 0.318. The van der Waals surface area contributed by atoms with Crippen LogP contribution in [0, 0.1) is 0 Å². The Kier molecular flexibility index (Phi) is 4.00. The van der Waals surface area contributed by atoms with Crippen molar-refractivity contribution in [3.8, 4) is 11.1 Å². The van der Waals surface area contributed by atoms with Crippen LogP contribution in [0.25, 0.3) is 11.1 Å². The monoisotopic (exact) mass is 359 g/mol. The summed E-state index contributed by atoms with van der Waals surface area (Å²) in [6.07, 6.45) is 2.76. The number of aromatic nitrogens is 2. The summed E-state index contributed by atoms with van der Waals surface area (Å²) in [6.45, 7) is 1.35. The van der Waals surface area contributed by atoms with Crippen molar-refractivity contribution in [1.29, 1.82) is 0 Å². The van der Waals surface area contributed by atoms with Gasteiger partial charge in [0.2, 0.25) is 11.8 Å². The summed E-state index contributed by atoms with van der Waals surface area (Å²) in [5, 5.41) is 4.06. The van der Waals surface area contributed by atoms with E-state index in [1.54, 1.807) is 0 Å². The number of carbonyl (C=O) groups excluding carboxylic acids is 1. The van der Waals surface area contributed by atoms with Crippen LogP contribution in [0.15, 0.2) is 59.1 Å². The Balaban J connectivity index is 1.16. The van der Waals surface area contributed by atoms with Gasteiger partial charge in [0.25, 0.3) is 0 Å². The van der Waals surface area contributed by atoms with Gasteiger partial charge in [-0.1, -0.05) is 59.8 Å². The number of nitrogens with zero attached hydrogens (tertiary/aromatic N) is 3. The highest BCUT2D eigenvalue weighted by molar-refractivity contribution is 5.80. The molecule has 2 heterocycles. The highest BCUT2D eigenvalue weighted by Crippen LogP contribution is 2.39. The number of amides is 1. The highest BCUT2D eigenvalue weighted by Gasteiger charge is 2.37. The van der Waals surface area contributed by atoms with E-state index in [1.165, 1.54) is 11.1 Å². The number of hydrogen-bond acceptors (Lipinski definition) is 4. The number of carbonyl (C=O) groups is 1. The van der Waals surface area contributed by atoms with Crippen molar-refractivity contribution in [2.24, 2.45) is 0 Å². The van der Waals surface area contributed by atoms with Crippen molar-refractivity contribution in [1.82, 2.24) is 15.0 Å². The van der Waals surface area contributed by atoms with E-state index >= 15 is 0 Å². The molecule has 1 amide bonds. The van der Waals surface area contributed by atoms with Crippen LogP contribution < -0.4 is 0 Å². The molecule has 2 fully saturated rings. The molecular weight excluding hydrogens is 338 g/mol. The van der Waals surface area contributed by atoms with Gasteiger partial charge >= 0.3 is 0 Å². The Morgan fingerprint density at radius 3 is 2.37 bits per heavy atom. The summed E-state index contributed by atoms with van der Waals surface area (Å²) in [5.74, 6) is 2.37. The van der Waals surface area contributed by atoms with Gasteiger partial charge < -0.3 is 9.42 Å². The van der Waals surface area contributed by atoms with Crippen LogP contribution in [0.4, 0.5) is 0 Å². The molecule has 5 nitrogen and oxygen atoms in total. The molecule has 0 bridgehead atoms. The van der Waals surface area contributed by atoms with E-state index in [2.05, 4.69) is 34.4 Å². The molecule has 2 aliphatic rings. The van der Waals surface area contributed by atoms with Crippen molar-refractivity contribution in [3.63, 3.8) is 0 Å². The molecule has 0 radical (unpaired) electrons. The highest BCUT2D eigenvalue weighted by atomic mass is 16.5. The summed E-state index contributed by atoms with van der Waals surface area (Å²) in [5.41, 5.74) is 3.39. The van der Waals surface area contributed by atoms with E-state index in [0.29, 0.717) is 31.3 Å². The Bertz CT molecular complexity index is 939. The minimum Gasteiger partial charge on any atom is -0.341 e. The zero-order valence-corrected chi connectivity index (χ0v) is 15.0. The summed E-state index contributed by atoms with van der Waals surface area (Å²) >= 11 is 0. The van der Waals surface area contributed by atoms with E-state index in [1.807, 2.05) is 35.2 Å². The van der Waals surface area contributed by atoms with Crippen LogP contribution in [0.1, 0.15) is 42.0 Å². The van der Waals surface area contributed by atoms with Crippen LogP contribution in [-0.2, 0) is 11.2 Å². The molecule has 27 heavy (non-hydrogen) atoms. The smallest absolute Gasteiger partial charge is 0.233 e. The molecule has 0 N–H and O–H groups in total. The van der Waals surface area contributed by atoms with Gasteiger partial charge in [-0.25, -0.2) is 0 Å². The zero-order chi connectivity index (χ0) is 18.2. The lowest BCUT2D eigenvalue weighted by atomic mass is 9.98. The fourth-order valence-corrected chi connectivity index (χ4v) is 3.49. The maximum absolute atomic E-state index is 12.5. The Morgan fingerprint density at radius 1 is 0.963 bits per heavy atom. The van der Waals surface area contributed by atoms with E-state index in [4.69, 9.17) is 4.52 Å². The summed E-state index contributed by atoms with van der Waals surface area (Å²) < 4.78 is 5.37. The molecule has 3 aromatic rings. The fourth-order valence-electron chi connectivity index (χ4n) is 3.49. The molecule has 1 aliphatic carbocycles. The standard InChI is InChI=1S/C22H21N3O2/c26-20(12-15-6-8-17(9-7-15)16-4-2-1-3-5-16)25-13-19(14-25)22-23-21(24-27-22)18-10-11-18/h1-9,18-19H,10-14H2. The second-order valence-electron chi connectivity index (χ2n) is 7.50. The third-order valence-corrected chi connectivity index (χ3v) is 5.40. The van der Waals surface area contributed by atoms with Crippen LogP contribution in [0.3, 0.4) is 0 Å². The summed E-state index contributed by atoms with van der Waals surface area (Å²) in [7, 11) is 0. The van der Waals surface area contributed by atoms with Crippen molar-refractivity contribution < 1.29 is 9.32 Å². The topological polar surface area (TPSA) is 59.2 Å². The van der Waals surface area contributed by atoms with E-state index in [9.17, 15) is 4.79 Å². The van der Waals surface area contributed by atoms with E-state index in [0.717, 1.165) is 24.2 Å². The molecule has 1 aromatic heterocycles. The average molecular weight is 359 g/mol. The zero-order valence-electron chi connectivity index (χ0n) is 15.0. The third kappa shape index (κ3) is 3.37. The first-order chi connectivity index (χ1) is 13.3. The van der Waals surface area contributed by atoms with E-state index in [-0.39, 0.29) is 11.8 Å². The van der Waals surface area contributed by atoms with Gasteiger partial charge in [-0.2, -0.15) is 4.98 Å². The summed E-state index contributed by atoms with van der Waals surface area (Å²) in [6, 6.07) is 18.5. The first-order valence-corrected chi connectivity index (χ1v) is 9.52. The predicted molar refractivity (Wildman–Crippen MR) is 101 cm³/mol. The molecule has 1 aliphatic heterocycles. The molecule has 1 saturated carbocycles. The minimum absolute atomic E-state index is 0.153. The van der Waals surface area contributed by atoms with Crippen molar-refractivity contribution in [2.45, 2.75) is 31.1 Å². The maximum atomic E-state index is 12.5. The van der Waals surface area contributed by atoms with Crippen molar-refractivity contribution in [2.75, 3.05) is 13.1 Å². The van der Waals surface area contributed by atoms with E-state index < -0.39 is 0 Å². The van der Waals surface area contributed by atoms with Crippen molar-refractivity contribution >= 4 is 5.91 Å². The molecule has 0 unspecified atom stereocenters. The largest absolute Gasteiger partial charge is 0.341 e. The van der Waals surface area contributed by atoms with Gasteiger partial charge in [0, 0.05) is 19.0 Å². The van der Waals surface area contributed by atoms with Crippen LogP contribution in [0.2, 0.25) is 0 Å². The molecule has 1 saturated heterocycles. The lowest BCUT2D eigenvalue weighted by molar-refractivity contribution is -0.135. The summed E-state index contributed by atoms with van der Waals surface area (Å²) in [4.78, 5) is 18.9. The lowest BCUT2D eigenvalue weighted by Crippen LogP contribution is -2.49. The molecule has 0 atom stereocenters. The van der Waals surface area contributed by atoms with Crippen LogP contribution in [-0.4, -0.2) is 34.0 Å². The molecular formula is C22H21N3O2. The SMILES string of the molecule is O=C(Cc1ccc(-c2ccccc2)cc1)N1CC(c2nc(C3CC3)no2)C1. The maximum Gasteiger partial charge on any atom is 0.233 e. The Morgan fingerprint density at radius 2 is 1.67 bits per heavy atom. The first kappa shape index (κ1) is 16.2. The van der Waals surface area contributed by atoms with Gasteiger partial charge in [0.15, 0.2) is 5.82 Å². The Hall–Kier alpha value is -2.95. The third-order valence-electron chi connectivity index (χ3n) is 5.40. The second-order valence-corrected chi connectivity index (χ2v) is 7.50. The quantitative estimate of drug-likeness (QED) is 0.695. The first-order valence-electron chi connectivity index (χ1n) is 9.52. The van der Waals surface area contributed by atoms with Gasteiger partial charge in [-0.05, 0) is 29.5 Å². The predicted octanol–water partition coefficient (Wildman–Crippen LogP) is 3.78. The molecule has 0 spiro atoms. The molecule has 5 rings (SSSR count). The number of likely N-dealkylation sites (tertiary alicyclic amines) is 1. The minimum atomic E-state index is 0.153. The van der Waals surface area contributed by atoms with Crippen molar-refractivity contribution in [3.05, 3.63) is 71.9 Å². The average Bonchev–Trinajstić information content (AvgIpc) is 3.40. The normalized spacial score (nSPS) is 17.0. The molecule has 136 valence electrons. The second kappa shape index (κ2) is 6.65. The van der Waals surface area contributed by atoms with Gasteiger partial charge in [0.1, 0.15) is 0 Å². The number of rotatable bonds is 5. The van der Waals surface area contributed by atoms with Gasteiger partial charge in [0.05, 0.1) is 12.3 Å². The van der Waals surface area contributed by atoms with Gasteiger partial charge in [-0.3, -0.25) is 4.79 Å². The van der Waals surface area contributed by atoms with Gasteiger partial charge in [-0.15, -0.1) is 0 Å². The van der Waals surface area contributed by atoms with Crippen LogP contribution >= 0.6 is 0 Å². The van der Waals surface area contributed by atoms with Crippen LogP contribution in [0.5, 0.6) is 0 Å². The Labute approximate surface area is 158 Å². The lowest BCUT2D eigenvalue weighted by Gasteiger charge is -2.37. The number of hydrogen-bond donors (Lipinski definition) is 0. The molecule has 2 aromatic carbocycles. The molecule has 5 heteroatoms.